The number of carbonyl (C=O) groups excluding carboxylic acids is 2. The molecule has 0 fully saturated rings. The van der Waals surface area contributed by atoms with Crippen LogP contribution in [0.15, 0.2) is 42.5 Å². The highest BCUT2D eigenvalue weighted by atomic mass is 35.5. The van der Waals surface area contributed by atoms with Crippen molar-refractivity contribution in [3.05, 3.63) is 63.9 Å². The first-order valence-corrected chi connectivity index (χ1v) is 7.00. The number of carbonyl (C=O) groups is 2. The summed E-state index contributed by atoms with van der Waals surface area (Å²) in [7, 11) is 0. The van der Waals surface area contributed by atoms with Crippen LogP contribution in [0.2, 0.25) is 10.0 Å². The van der Waals surface area contributed by atoms with Gasteiger partial charge in [0.2, 0.25) is 0 Å². The lowest BCUT2D eigenvalue weighted by Crippen LogP contribution is -2.35. The number of benzene rings is 2. The maximum Gasteiger partial charge on any atom is 0.313 e. The van der Waals surface area contributed by atoms with Crippen LogP contribution in [0, 0.1) is 5.82 Å². The maximum absolute atomic E-state index is 12.7. The molecule has 4 nitrogen and oxygen atoms in total. The van der Waals surface area contributed by atoms with Gasteiger partial charge in [0.15, 0.2) is 0 Å². The van der Waals surface area contributed by atoms with E-state index in [0.717, 1.165) is 0 Å². The Morgan fingerprint density at radius 3 is 2.32 bits per heavy atom. The van der Waals surface area contributed by atoms with E-state index in [2.05, 4.69) is 10.6 Å². The fraction of sp³-hybridized carbons (Fsp3) is 0.0667. The number of anilines is 1. The molecule has 7 heteroatoms. The molecule has 2 amide bonds. The molecule has 0 unspecified atom stereocenters. The third-order valence-electron chi connectivity index (χ3n) is 2.75. The standard InChI is InChI=1S/C15H11Cl2FN2O2/c16-10-3-6-13(12(17)7-10)20-15(22)14(21)19-8-9-1-4-11(18)5-2-9/h1-7H,8H2,(H,19,21)(H,20,22). The van der Waals surface area contributed by atoms with Crippen molar-refractivity contribution in [2.24, 2.45) is 0 Å². The smallest absolute Gasteiger partial charge is 0.313 e. The van der Waals surface area contributed by atoms with Crippen LogP contribution in [-0.4, -0.2) is 11.8 Å². The number of amides is 2. The molecular formula is C15H11Cl2FN2O2. The summed E-state index contributed by atoms with van der Waals surface area (Å²) in [5, 5.41) is 5.46. The third-order valence-corrected chi connectivity index (χ3v) is 3.30. The Bertz CT molecular complexity index is 705. The Balaban J connectivity index is 1.92. The molecule has 2 N–H and O–H groups in total. The molecule has 0 spiro atoms. The highest BCUT2D eigenvalue weighted by Gasteiger charge is 2.14. The van der Waals surface area contributed by atoms with Gasteiger partial charge in [-0.05, 0) is 35.9 Å². The van der Waals surface area contributed by atoms with Gasteiger partial charge in [-0.25, -0.2) is 4.39 Å². The molecule has 2 aromatic rings. The predicted molar refractivity (Wildman–Crippen MR) is 83.3 cm³/mol. The average molecular weight is 341 g/mol. The number of nitrogens with one attached hydrogen (secondary N) is 2. The Kier molecular flexibility index (Phi) is 5.35. The molecule has 0 aliphatic heterocycles. The van der Waals surface area contributed by atoms with Crippen molar-refractivity contribution in [3.63, 3.8) is 0 Å². The first-order valence-electron chi connectivity index (χ1n) is 6.24. The van der Waals surface area contributed by atoms with Gasteiger partial charge >= 0.3 is 11.8 Å². The van der Waals surface area contributed by atoms with Crippen molar-refractivity contribution in [1.29, 1.82) is 0 Å². The summed E-state index contributed by atoms with van der Waals surface area (Å²) in [5.41, 5.74) is 0.958. The van der Waals surface area contributed by atoms with Crippen molar-refractivity contribution in [2.45, 2.75) is 6.54 Å². The largest absolute Gasteiger partial charge is 0.344 e. The van der Waals surface area contributed by atoms with Gasteiger partial charge < -0.3 is 10.6 Å². The second kappa shape index (κ2) is 7.24. The first-order chi connectivity index (χ1) is 10.5. The van der Waals surface area contributed by atoms with E-state index in [1.165, 1.54) is 36.4 Å². The Hall–Kier alpha value is -2.11. The number of halogens is 3. The Labute approximate surface area is 136 Å². The molecule has 0 aliphatic carbocycles. The van der Waals surface area contributed by atoms with Crippen LogP contribution in [0.1, 0.15) is 5.56 Å². The third kappa shape index (κ3) is 4.44. The molecule has 2 rings (SSSR count). The van der Waals surface area contributed by atoms with Gasteiger partial charge in [-0.15, -0.1) is 0 Å². The molecule has 0 saturated heterocycles. The fourth-order valence-corrected chi connectivity index (χ4v) is 2.09. The lowest BCUT2D eigenvalue weighted by molar-refractivity contribution is -0.136. The van der Waals surface area contributed by atoms with Crippen molar-refractivity contribution in [1.82, 2.24) is 5.32 Å². The van der Waals surface area contributed by atoms with E-state index in [1.807, 2.05) is 0 Å². The van der Waals surface area contributed by atoms with Crippen LogP contribution in [-0.2, 0) is 16.1 Å². The molecule has 0 saturated carbocycles. The lowest BCUT2D eigenvalue weighted by Gasteiger charge is -2.08. The van der Waals surface area contributed by atoms with Gasteiger partial charge in [0.1, 0.15) is 5.82 Å². The summed E-state index contributed by atoms with van der Waals surface area (Å²) in [6.45, 7) is 0.112. The van der Waals surface area contributed by atoms with Crippen LogP contribution in [0.4, 0.5) is 10.1 Å². The topological polar surface area (TPSA) is 58.2 Å². The summed E-state index contributed by atoms with van der Waals surface area (Å²) in [6.07, 6.45) is 0. The maximum atomic E-state index is 12.7. The molecule has 0 aliphatic rings. The van der Waals surface area contributed by atoms with Gasteiger partial charge in [0.05, 0.1) is 10.7 Å². The number of rotatable bonds is 3. The Morgan fingerprint density at radius 1 is 1.00 bits per heavy atom. The predicted octanol–water partition coefficient (Wildman–Crippen LogP) is 3.39. The van der Waals surface area contributed by atoms with E-state index in [1.54, 1.807) is 6.07 Å². The van der Waals surface area contributed by atoms with E-state index >= 15 is 0 Å². The van der Waals surface area contributed by atoms with Crippen LogP contribution < -0.4 is 10.6 Å². The lowest BCUT2D eigenvalue weighted by atomic mass is 10.2. The molecule has 0 aromatic heterocycles. The normalized spacial score (nSPS) is 10.1. The van der Waals surface area contributed by atoms with Crippen LogP contribution in [0.3, 0.4) is 0 Å². The van der Waals surface area contributed by atoms with E-state index in [-0.39, 0.29) is 23.1 Å². The summed E-state index contributed by atoms with van der Waals surface area (Å²) < 4.78 is 12.7. The van der Waals surface area contributed by atoms with Gasteiger partial charge in [-0.1, -0.05) is 35.3 Å². The summed E-state index contributed by atoms with van der Waals surface area (Å²) in [5.74, 6) is -2.05. The molecule has 2 aromatic carbocycles. The van der Waals surface area contributed by atoms with Crippen LogP contribution in [0.25, 0.3) is 0 Å². The van der Waals surface area contributed by atoms with Crippen molar-refractivity contribution >= 4 is 40.7 Å². The highest BCUT2D eigenvalue weighted by Crippen LogP contribution is 2.25. The molecule has 114 valence electrons. The highest BCUT2D eigenvalue weighted by molar-refractivity contribution is 6.42. The summed E-state index contributed by atoms with van der Waals surface area (Å²) in [4.78, 5) is 23.4. The van der Waals surface area contributed by atoms with E-state index in [0.29, 0.717) is 10.6 Å². The van der Waals surface area contributed by atoms with E-state index in [4.69, 9.17) is 23.2 Å². The minimum Gasteiger partial charge on any atom is -0.344 e. The van der Waals surface area contributed by atoms with Crippen molar-refractivity contribution in [3.8, 4) is 0 Å². The van der Waals surface area contributed by atoms with Crippen molar-refractivity contribution < 1.29 is 14.0 Å². The molecule has 0 bridgehead atoms. The second-order valence-corrected chi connectivity index (χ2v) is 5.23. The summed E-state index contributed by atoms with van der Waals surface area (Å²) in [6, 6.07) is 10.1. The Morgan fingerprint density at radius 2 is 1.68 bits per heavy atom. The summed E-state index contributed by atoms with van der Waals surface area (Å²) >= 11 is 11.6. The molecule has 22 heavy (non-hydrogen) atoms. The molecular weight excluding hydrogens is 330 g/mol. The zero-order valence-electron chi connectivity index (χ0n) is 11.2. The van der Waals surface area contributed by atoms with Gasteiger partial charge in [0.25, 0.3) is 0 Å². The fourth-order valence-electron chi connectivity index (χ4n) is 1.63. The molecule has 0 radical (unpaired) electrons. The monoisotopic (exact) mass is 340 g/mol. The molecule has 0 heterocycles. The zero-order valence-corrected chi connectivity index (χ0v) is 12.7. The SMILES string of the molecule is O=C(NCc1ccc(F)cc1)C(=O)Nc1ccc(Cl)cc1Cl. The minimum atomic E-state index is -0.855. The first kappa shape index (κ1) is 16.3. The number of hydrogen-bond donors (Lipinski definition) is 2. The molecule has 0 atom stereocenters. The van der Waals surface area contributed by atoms with Gasteiger partial charge in [-0.3, -0.25) is 9.59 Å². The average Bonchev–Trinajstić information content (AvgIpc) is 2.49. The van der Waals surface area contributed by atoms with Gasteiger partial charge in [-0.2, -0.15) is 0 Å². The number of hydrogen-bond acceptors (Lipinski definition) is 2. The minimum absolute atomic E-state index is 0.112. The van der Waals surface area contributed by atoms with E-state index in [9.17, 15) is 14.0 Å². The van der Waals surface area contributed by atoms with Crippen LogP contribution >= 0.6 is 23.2 Å². The van der Waals surface area contributed by atoms with Crippen molar-refractivity contribution in [2.75, 3.05) is 5.32 Å². The zero-order chi connectivity index (χ0) is 16.1. The van der Waals surface area contributed by atoms with E-state index < -0.39 is 11.8 Å². The quantitative estimate of drug-likeness (QED) is 0.841. The van der Waals surface area contributed by atoms with Crippen LogP contribution in [0.5, 0.6) is 0 Å². The second-order valence-electron chi connectivity index (χ2n) is 4.39. The van der Waals surface area contributed by atoms with Gasteiger partial charge in [0, 0.05) is 11.6 Å².